The van der Waals surface area contributed by atoms with Crippen molar-refractivity contribution < 1.29 is 0 Å². The summed E-state index contributed by atoms with van der Waals surface area (Å²) in [5.74, 6) is 0. The number of hydrogen-bond donors (Lipinski definition) is 0. The zero-order valence-electron chi connectivity index (χ0n) is 3.33. The van der Waals surface area contributed by atoms with Crippen molar-refractivity contribution in [2.45, 2.75) is 0 Å². The highest BCUT2D eigenvalue weighted by molar-refractivity contribution is 9.13. The molecule has 0 aliphatic carbocycles. The third-order valence-corrected chi connectivity index (χ3v) is 7.69. The molecule has 0 nitrogen and oxygen atoms in total. The van der Waals surface area contributed by atoms with Gasteiger partial charge in [0.05, 0.1) is 10.2 Å². The van der Waals surface area contributed by atoms with E-state index in [1.165, 1.54) is 5.08 Å². The maximum Gasteiger partial charge on any atom is 0.0944 e. The Kier molecular flexibility index (Phi) is 4.52. The molecule has 1 rings (SSSR count). The van der Waals surface area contributed by atoms with E-state index in [9.17, 15) is 0 Å². The van der Waals surface area contributed by atoms with Crippen LogP contribution < -0.4 is 0 Å². The first-order chi connectivity index (χ1) is 3.50. The lowest BCUT2D eigenvalue weighted by Crippen LogP contribution is -1.49. The highest BCUT2D eigenvalue weighted by Crippen LogP contribution is 2.49. The Hall–Kier alpha value is 1.75. The van der Waals surface area contributed by atoms with E-state index in [1.54, 1.807) is 0 Å². The molecule has 0 atom stereocenters. The van der Waals surface area contributed by atoms with Gasteiger partial charge >= 0.3 is 0 Å². The Labute approximate surface area is 62.9 Å². The summed E-state index contributed by atoms with van der Waals surface area (Å²) in [5.41, 5.74) is 0. The SMILES string of the molecule is [CH]1SSCSSS1. The van der Waals surface area contributed by atoms with Gasteiger partial charge in [0.1, 0.15) is 0 Å². The first-order valence-electron chi connectivity index (χ1n) is 1.55. The first-order valence-corrected chi connectivity index (χ1v) is 7.65. The van der Waals surface area contributed by atoms with E-state index in [-0.39, 0.29) is 0 Å². The van der Waals surface area contributed by atoms with Gasteiger partial charge in [0.25, 0.3) is 0 Å². The summed E-state index contributed by atoms with van der Waals surface area (Å²) in [7, 11) is 9.30. The van der Waals surface area contributed by atoms with Gasteiger partial charge in [-0.1, -0.05) is 43.2 Å². The molecular formula is C2H3S5. The predicted molar refractivity (Wildman–Crippen MR) is 47.1 cm³/mol. The van der Waals surface area contributed by atoms with Crippen LogP contribution in [0.15, 0.2) is 0 Å². The Bertz CT molecular complexity index is 25.7. The second-order valence-corrected chi connectivity index (χ2v) is 7.62. The van der Waals surface area contributed by atoms with Gasteiger partial charge in [-0.3, -0.25) is 0 Å². The van der Waals surface area contributed by atoms with Crippen molar-refractivity contribution in [2.75, 3.05) is 5.08 Å². The van der Waals surface area contributed by atoms with Gasteiger partial charge < -0.3 is 0 Å². The van der Waals surface area contributed by atoms with E-state index in [0.29, 0.717) is 0 Å². The normalized spacial score (nSPS) is 24.0. The standard InChI is InChI=1S/C2H3S5/c1-3-4-2-6-7-5-1/h1H,2H2. The molecule has 0 spiro atoms. The second-order valence-electron chi connectivity index (χ2n) is 0.710. The highest BCUT2D eigenvalue weighted by atomic mass is 33.5. The summed E-state index contributed by atoms with van der Waals surface area (Å²) in [6, 6.07) is 0. The van der Waals surface area contributed by atoms with Crippen LogP contribution in [0.25, 0.3) is 0 Å². The van der Waals surface area contributed by atoms with Crippen LogP contribution in [-0.2, 0) is 0 Å². The first kappa shape index (κ1) is 6.86. The summed E-state index contributed by atoms with van der Waals surface area (Å²) < 4.78 is 0. The smallest absolute Gasteiger partial charge is 0.0810 e. The summed E-state index contributed by atoms with van der Waals surface area (Å²) in [4.78, 5) is 0. The Morgan fingerprint density at radius 3 is 3.14 bits per heavy atom. The van der Waals surface area contributed by atoms with Crippen molar-refractivity contribution in [1.29, 1.82) is 0 Å². The molecule has 0 bridgehead atoms. The van der Waals surface area contributed by atoms with Crippen molar-refractivity contribution in [2.24, 2.45) is 0 Å². The van der Waals surface area contributed by atoms with Gasteiger partial charge in [-0.15, -0.1) is 0 Å². The van der Waals surface area contributed by atoms with Crippen LogP contribution in [-0.4, -0.2) is 5.08 Å². The average molecular weight is 187 g/mol. The largest absolute Gasteiger partial charge is 0.0944 e. The predicted octanol–water partition coefficient (Wildman–Crippen LogP) is 3.49. The van der Waals surface area contributed by atoms with Crippen molar-refractivity contribution >= 4 is 53.0 Å². The molecule has 1 saturated heterocycles. The highest BCUT2D eigenvalue weighted by Gasteiger charge is 1.98. The molecular weight excluding hydrogens is 184 g/mol. The molecule has 0 N–H and O–H groups in total. The third-order valence-electron chi connectivity index (χ3n) is 0.330. The number of hydrogen-bond acceptors (Lipinski definition) is 5. The Morgan fingerprint density at radius 1 is 1.14 bits per heavy atom. The molecule has 1 heterocycles. The molecule has 1 aliphatic rings. The lowest BCUT2D eigenvalue weighted by molar-refractivity contribution is 2.35. The molecule has 41 valence electrons. The molecule has 0 saturated carbocycles. The molecule has 1 radical (unpaired) electrons. The van der Waals surface area contributed by atoms with E-state index < -0.39 is 0 Å². The van der Waals surface area contributed by atoms with Gasteiger partial charge in [0, 0.05) is 0 Å². The summed E-state index contributed by atoms with van der Waals surface area (Å²) in [5, 5.41) is 3.37. The van der Waals surface area contributed by atoms with Crippen molar-refractivity contribution in [3.8, 4) is 0 Å². The second kappa shape index (κ2) is 4.61. The van der Waals surface area contributed by atoms with Crippen LogP contribution in [0.3, 0.4) is 0 Å². The van der Waals surface area contributed by atoms with Crippen LogP contribution >= 0.6 is 53.0 Å². The molecule has 1 fully saturated rings. The van der Waals surface area contributed by atoms with Crippen LogP contribution in [0.4, 0.5) is 0 Å². The van der Waals surface area contributed by atoms with Crippen molar-refractivity contribution in [3.05, 3.63) is 5.08 Å². The minimum absolute atomic E-state index is 1.21. The molecule has 0 aromatic carbocycles. The molecule has 0 aromatic heterocycles. The Morgan fingerprint density at radius 2 is 2.14 bits per heavy atom. The maximum atomic E-state index is 2.16. The van der Waals surface area contributed by atoms with E-state index in [2.05, 4.69) is 5.08 Å². The van der Waals surface area contributed by atoms with Crippen LogP contribution in [0.1, 0.15) is 0 Å². The summed E-state index contributed by atoms with van der Waals surface area (Å²) in [6.07, 6.45) is 0. The van der Waals surface area contributed by atoms with E-state index in [0.717, 1.165) is 0 Å². The fraction of sp³-hybridized carbons (Fsp3) is 0.500. The third kappa shape index (κ3) is 3.35. The lowest BCUT2D eigenvalue weighted by atomic mass is 11.9. The molecule has 1 aliphatic heterocycles. The van der Waals surface area contributed by atoms with Gasteiger partial charge in [0.15, 0.2) is 0 Å². The molecule has 0 aromatic rings. The molecule has 0 amide bonds. The zero-order chi connectivity index (χ0) is 4.95. The fourth-order valence-corrected chi connectivity index (χ4v) is 8.03. The van der Waals surface area contributed by atoms with Crippen molar-refractivity contribution in [3.63, 3.8) is 0 Å². The minimum atomic E-state index is 1.21. The monoisotopic (exact) mass is 187 g/mol. The van der Waals surface area contributed by atoms with Crippen molar-refractivity contribution in [1.82, 2.24) is 0 Å². The van der Waals surface area contributed by atoms with Gasteiger partial charge in [-0.05, 0) is 9.83 Å². The zero-order valence-corrected chi connectivity index (χ0v) is 7.41. The summed E-state index contributed by atoms with van der Waals surface area (Å²) in [6.45, 7) is 0. The van der Waals surface area contributed by atoms with E-state index in [1.807, 2.05) is 53.0 Å². The van der Waals surface area contributed by atoms with Crippen LogP contribution in [0.5, 0.6) is 0 Å². The van der Waals surface area contributed by atoms with Crippen LogP contribution in [0.2, 0.25) is 0 Å². The molecule has 5 heteroatoms. The molecule has 0 unspecified atom stereocenters. The van der Waals surface area contributed by atoms with Gasteiger partial charge in [-0.25, -0.2) is 0 Å². The average Bonchev–Trinajstić information content (AvgIpc) is 1.90. The van der Waals surface area contributed by atoms with E-state index >= 15 is 0 Å². The van der Waals surface area contributed by atoms with Crippen LogP contribution in [0, 0.1) is 5.08 Å². The number of rotatable bonds is 0. The Balaban J connectivity index is 2.04. The lowest BCUT2D eigenvalue weighted by Gasteiger charge is -1.83. The van der Waals surface area contributed by atoms with Gasteiger partial charge in [-0.2, -0.15) is 0 Å². The topological polar surface area (TPSA) is 0 Å². The van der Waals surface area contributed by atoms with Gasteiger partial charge in [0.2, 0.25) is 0 Å². The van der Waals surface area contributed by atoms with E-state index in [4.69, 9.17) is 0 Å². The quantitative estimate of drug-likeness (QED) is 0.531. The minimum Gasteiger partial charge on any atom is -0.0810 e. The maximum absolute atomic E-state index is 2.16. The molecule has 7 heavy (non-hydrogen) atoms. The summed E-state index contributed by atoms with van der Waals surface area (Å²) >= 11 is 0. The fourth-order valence-electron chi connectivity index (χ4n) is 0.155.